The van der Waals surface area contributed by atoms with Crippen molar-refractivity contribution in [1.82, 2.24) is 9.88 Å². The van der Waals surface area contributed by atoms with Crippen LogP contribution in [0.15, 0.2) is 53.1 Å². The normalized spacial score (nSPS) is 20.1. The molecule has 1 fully saturated rings. The van der Waals surface area contributed by atoms with Crippen molar-refractivity contribution in [3.05, 3.63) is 64.4 Å². The first-order chi connectivity index (χ1) is 11.2. The van der Waals surface area contributed by atoms with E-state index in [1.165, 1.54) is 0 Å². The molecule has 0 spiro atoms. The maximum absolute atomic E-state index is 11.7. The van der Waals surface area contributed by atoms with Crippen LogP contribution in [-0.4, -0.2) is 33.5 Å². The summed E-state index contributed by atoms with van der Waals surface area (Å²) in [6, 6.07) is 13.1. The Morgan fingerprint density at radius 2 is 2.00 bits per heavy atom. The van der Waals surface area contributed by atoms with Crippen LogP contribution in [0.2, 0.25) is 0 Å². The zero-order valence-corrected chi connectivity index (χ0v) is 14.3. The number of carbonyl (C=O) groups is 1. The molecule has 0 saturated carbocycles. The number of carboxylic acid groups (broad SMARTS) is 1. The lowest BCUT2D eigenvalue weighted by Crippen LogP contribution is -2.47. The number of pyridine rings is 1. The molecule has 0 radical (unpaired) electrons. The number of piperidine rings is 1. The number of benzene rings is 1. The predicted octanol–water partition coefficient (Wildman–Crippen LogP) is 3.87. The van der Waals surface area contributed by atoms with E-state index in [-0.39, 0.29) is 6.04 Å². The molecule has 1 aliphatic heterocycles. The number of aliphatic carboxylic acids is 1. The van der Waals surface area contributed by atoms with Crippen molar-refractivity contribution in [1.29, 1.82) is 0 Å². The Morgan fingerprint density at radius 1 is 1.22 bits per heavy atom. The molecule has 2 unspecified atom stereocenters. The number of hydrogen-bond acceptors (Lipinski definition) is 3. The number of aromatic nitrogens is 1. The maximum Gasteiger partial charge on any atom is 0.320 e. The molecule has 120 valence electrons. The van der Waals surface area contributed by atoms with Gasteiger partial charge in [0.05, 0.1) is 11.7 Å². The molecule has 23 heavy (non-hydrogen) atoms. The predicted molar refractivity (Wildman–Crippen MR) is 92.2 cm³/mol. The number of nitrogens with zero attached hydrogens (tertiary/aromatic N) is 2. The van der Waals surface area contributed by atoms with Gasteiger partial charge in [-0.25, -0.2) is 0 Å². The Kier molecular flexibility index (Phi) is 5.08. The SMILES string of the molecule is O=C(O)C1CCCCN1C(c1ccccn1)c1ccccc1Br. The number of likely N-dealkylation sites (tertiary alicyclic amines) is 1. The fraction of sp³-hybridized carbons (Fsp3) is 0.333. The third-order valence-electron chi connectivity index (χ3n) is 4.33. The van der Waals surface area contributed by atoms with Gasteiger partial charge in [0.1, 0.15) is 6.04 Å². The Bertz CT molecular complexity index is 678. The van der Waals surface area contributed by atoms with Gasteiger partial charge in [-0.1, -0.05) is 46.6 Å². The number of carboxylic acids is 1. The summed E-state index contributed by atoms with van der Waals surface area (Å²) in [6.07, 6.45) is 4.41. The van der Waals surface area contributed by atoms with Gasteiger partial charge in [0.25, 0.3) is 0 Å². The molecule has 5 heteroatoms. The molecular formula is C18H19BrN2O2. The van der Waals surface area contributed by atoms with E-state index in [9.17, 15) is 9.90 Å². The highest BCUT2D eigenvalue weighted by Gasteiger charge is 2.36. The summed E-state index contributed by atoms with van der Waals surface area (Å²) in [5.41, 5.74) is 1.94. The van der Waals surface area contributed by atoms with E-state index in [1.54, 1.807) is 6.20 Å². The van der Waals surface area contributed by atoms with Crippen LogP contribution in [0.1, 0.15) is 36.6 Å². The lowest BCUT2D eigenvalue weighted by Gasteiger charge is -2.39. The maximum atomic E-state index is 11.7. The van der Waals surface area contributed by atoms with E-state index in [4.69, 9.17) is 0 Å². The van der Waals surface area contributed by atoms with Crippen LogP contribution in [0.3, 0.4) is 0 Å². The number of halogens is 1. The molecule has 0 bridgehead atoms. The molecular weight excluding hydrogens is 356 g/mol. The van der Waals surface area contributed by atoms with Gasteiger partial charge in [-0.3, -0.25) is 14.7 Å². The molecule has 2 heterocycles. The lowest BCUT2D eigenvalue weighted by molar-refractivity contribution is -0.145. The monoisotopic (exact) mass is 374 g/mol. The summed E-state index contributed by atoms with van der Waals surface area (Å²) >= 11 is 3.62. The first-order valence-electron chi connectivity index (χ1n) is 7.82. The smallest absolute Gasteiger partial charge is 0.320 e. The lowest BCUT2D eigenvalue weighted by atomic mass is 9.94. The molecule has 1 aliphatic rings. The van der Waals surface area contributed by atoms with Crippen LogP contribution in [0.5, 0.6) is 0 Å². The van der Waals surface area contributed by atoms with E-state index in [1.807, 2.05) is 42.5 Å². The van der Waals surface area contributed by atoms with Crippen molar-refractivity contribution < 1.29 is 9.90 Å². The second kappa shape index (κ2) is 7.23. The van der Waals surface area contributed by atoms with Crippen molar-refractivity contribution in [2.45, 2.75) is 31.3 Å². The third-order valence-corrected chi connectivity index (χ3v) is 5.05. The van der Waals surface area contributed by atoms with Gasteiger partial charge in [0.2, 0.25) is 0 Å². The van der Waals surface area contributed by atoms with E-state index in [0.29, 0.717) is 6.42 Å². The Hall–Kier alpha value is -1.72. The summed E-state index contributed by atoms with van der Waals surface area (Å²) in [7, 11) is 0. The van der Waals surface area contributed by atoms with Gasteiger partial charge >= 0.3 is 5.97 Å². The van der Waals surface area contributed by atoms with Crippen molar-refractivity contribution in [3.8, 4) is 0 Å². The summed E-state index contributed by atoms with van der Waals surface area (Å²) in [5, 5.41) is 9.65. The van der Waals surface area contributed by atoms with Crippen LogP contribution in [-0.2, 0) is 4.79 Å². The van der Waals surface area contributed by atoms with Crippen molar-refractivity contribution in [3.63, 3.8) is 0 Å². The fourth-order valence-corrected chi connectivity index (χ4v) is 3.77. The molecule has 2 atom stereocenters. The minimum atomic E-state index is -0.752. The molecule has 0 amide bonds. The second-order valence-electron chi connectivity index (χ2n) is 5.77. The highest BCUT2D eigenvalue weighted by molar-refractivity contribution is 9.10. The first-order valence-corrected chi connectivity index (χ1v) is 8.61. The van der Waals surface area contributed by atoms with E-state index in [2.05, 4.69) is 25.8 Å². The first kappa shape index (κ1) is 16.1. The molecule has 4 nitrogen and oxygen atoms in total. The average molecular weight is 375 g/mol. The van der Waals surface area contributed by atoms with Gasteiger partial charge in [-0.05, 0) is 43.1 Å². The molecule has 1 aromatic heterocycles. The fourth-order valence-electron chi connectivity index (χ4n) is 3.27. The zero-order chi connectivity index (χ0) is 16.2. The molecule has 1 N–H and O–H groups in total. The molecule has 1 saturated heterocycles. The van der Waals surface area contributed by atoms with Crippen LogP contribution in [0, 0.1) is 0 Å². The second-order valence-corrected chi connectivity index (χ2v) is 6.62. The minimum Gasteiger partial charge on any atom is -0.480 e. The van der Waals surface area contributed by atoms with E-state index >= 15 is 0 Å². The Balaban J connectivity index is 2.08. The van der Waals surface area contributed by atoms with E-state index in [0.717, 1.165) is 35.1 Å². The van der Waals surface area contributed by atoms with E-state index < -0.39 is 12.0 Å². The summed E-state index contributed by atoms with van der Waals surface area (Å²) in [5.74, 6) is -0.752. The minimum absolute atomic E-state index is 0.159. The van der Waals surface area contributed by atoms with Crippen molar-refractivity contribution in [2.24, 2.45) is 0 Å². The van der Waals surface area contributed by atoms with Gasteiger partial charge in [-0.15, -0.1) is 0 Å². The van der Waals surface area contributed by atoms with Gasteiger partial charge in [0, 0.05) is 10.7 Å². The molecule has 3 rings (SSSR count). The number of hydrogen-bond donors (Lipinski definition) is 1. The highest BCUT2D eigenvalue weighted by Crippen LogP contribution is 2.36. The Labute approximate surface area is 144 Å². The number of rotatable bonds is 4. The van der Waals surface area contributed by atoms with Crippen LogP contribution in [0.25, 0.3) is 0 Å². The van der Waals surface area contributed by atoms with Gasteiger partial charge < -0.3 is 5.11 Å². The Morgan fingerprint density at radius 3 is 2.70 bits per heavy atom. The largest absolute Gasteiger partial charge is 0.480 e. The van der Waals surface area contributed by atoms with Crippen LogP contribution in [0.4, 0.5) is 0 Å². The summed E-state index contributed by atoms with van der Waals surface area (Å²) < 4.78 is 0.977. The third kappa shape index (κ3) is 3.46. The standard InChI is InChI=1S/C18H19BrN2O2/c19-14-8-2-1-7-13(14)17(15-9-3-5-11-20-15)21-12-6-4-10-16(21)18(22)23/h1-3,5,7-9,11,16-17H,4,6,10,12H2,(H,22,23). The van der Waals surface area contributed by atoms with Crippen molar-refractivity contribution >= 4 is 21.9 Å². The topological polar surface area (TPSA) is 53.4 Å². The van der Waals surface area contributed by atoms with Crippen molar-refractivity contribution in [2.75, 3.05) is 6.54 Å². The van der Waals surface area contributed by atoms with Crippen LogP contribution < -0.4 is 0 Å². The zero-order valence-electron chi connectivity index (χ0n) is 12.7. The quantitative estimate of drug-likeness (QED) is 0.882. The van der Waals surface area contributed by atoms with Gasteiger partial charge in [-0.2, -0.15) is 0 Å². The summed E-state index contributed by atoms with van der Waals surface area (Å²) in [4.78, 5) is 18.3. The average Bonchev–Trinajstić information content (AvgIpc) is 2.58. The molecule has 1 aromatic carbocycles. The molecule has 2 aromatic rings. The summed E-state index contributed by atoms with van der Waals surface area (Å²) in [6.45, 7) is 0.763. The van der Waals surface area contributed by atoms with Crippen LogP contribution >= 0.6 is 15.9 Å². The van der Waals surface area contributed by atoms with Gasteiger partial charge in [0.15, 0.2) is 0 Å². The highest BCUT2D eigenvalue weighted by atomic mass is 79.9. The molecule has 0 aliphatic carbocycles.